The van der Waals surface area contributed by atoms with Crippen molar-refractivity contribution in [3.05, 3.63) is 94.8 Å². The standard InChI is InChI=1S/C27H23FN2O3/c1-2-32-26-16-19(11-12-25(26)33-18-21-8-3-5-9-23(21)28)15-22(17-29)27(31)30-14-13-20-7-4-6-10-24(20)30/h3-12,15-16H,2,13-14,18H2,1H3. The van der Waals surface area contributed by atoms with Crippen molar-refractivity contribution in [1.29, 1.82) is 5.26 Å². The summed E-state index contributed by atoms with van der Waals surface area (Å²) in [4.78, 5) is 14.7. The molecule has 4 rings (SSSR count). The molecule has 3 aromatic rings. The Balaban J connectivity index is 1.56. The molecule has 1 aliphatic rings. The molecule has 1 heterocycles. The van der Waals surface area contributed by atoms with E-state index in [1.165, 1.54) is 6.07 Å². The number of ether oxygens (including phenoxy) is 2. The smallest absolute Gasteiger partial charge is 0.268 e. The molecule has 0 bridgehead atoms. The van der Waals surface area contributed by atoms with Crippen LogP contribution < -0.4 is 14.4 Å². The first-order valence-electron chi connectivity index (χ1n) is 10.8. The number of amides is 1. The first-order chi connectivity index (χ1) is 16.1. The Hall–Kier alpha value is -4.11. The lowest BCUT2D eigenvalue weighted by Gasteiger charge is -2.17. The molecular weight excluding hydrogens is 419 g/mol. The van der Waals surface area contributed by atoms with E-state index in [2.05, 4.69) is 0 Å². The monoisotopic (exact) mass is 442 g/mol. The van der Waals surface area contributed by atoms with Crippen molar-refractivity contribution in [2.24, 2.45) is 0 Å². The molecule has 0 aromatic heterocycles. The second kappa shape index (κ2) is 10.0. The van der Waals surface area contributed by atoms with Gasteiger partial charge in [-0.1, -0.05) is 42.5 Å². The highest BCUT2D eigenvalue weighted by atomic mass is 19.1. The third kappa shape index (κ3) is 4.88. The second-order valence-corrected chi connectivity index (χ2v) is 7.52. The number of benzene rings is 3. The highest BCUT2D eigenvalue weighted by molar-refractivity contribution is 6.12. The van der Waals surface area contributed by atoms with Gasteiger partial charge in [0.1, 0.15) is 24.1 Å². The minimum Gasteiger partial charge on any atom is -0.490 e. The van der Waals surface area contributed by atoms with Crippen molar-refractivity contribution in [3.8, 4) is 17.6 Å². The summed E-state index contributed by atoms with van der Waals surface area (Å²) < 4.78 is 25.4. The van der Waals surface area contributed by atoms with Gasteiger partial charge in [-0.3, -0.25) is 4.79 Å². The Morgan fingerprint density at radius 1 is 1.09 bits per heavy atom. The van der Waals surface area contributed by atoms with E-state index >= 15 is 0 Å². The van der Waals surface area contributed by atoms with Crippen LogP contribution in [-0.2, 0) is 17.8 Å². The first-order valence-corrected chi connectivity index (χ1v) is 10.8. The number of hydrogen-bond acceptors (Lipinski definition) is 4. The van der Waals surface area contributed by atoms with Crippen molar-refractivity contribution in [2.45, 2.75) is 20.0 Å². The van der Waals surface area contributed by atoms with Gasteiger partial charge in [0.2, 0.25) is 0 Å². The molecule has 1 amide bonds. The van der Waals surface area contributed by atoms with Crippen LogP contribution in [0.25, 0.3) is 6.08 Å². The summed E-state index contributed by atoms with van der Waals surface area (Å²) in [5.74, 6) is 0.241. The third-order valence-electron chi connectivity index (χ3n) is 5.40. The molecule has 6 heteroatoms. The molecule has 166 valence electrons. The lowest BCUT2D eigenvalue weighted by atomic mass is 10.1. The van der Waals surface area contributed by atoms with E-state index < -0.39 is 0 Å². The van der Waals surface area contributed by atoms with E-state index in [1.54, 1.807) is 47.4 Å². The summed E-state index contributed by atoms with van der Waals surface area (Å²) in [5.41, 5.74) is 3.05. The van der Waals surface area contributed by atoms with Gasteiger partial charge in [-0.15, -0.1) is 0 Å². The quantitative estimate of drug-likeness (QED) is 0.368. The number of fused-ring (bicyclic) bond motifs is 1. The lowest BCUT2D eigenvalue weighted by Crippen LogP contribution is -2.29. The van der Waals surface area contributed by atoms with E-state index in [0.717, 1.165) is 17.7 Å². The molecule has 1 aliphatic heterocycles. The van der Waals surface area contributed by atoms with Gasteiger partial charge < -0.3 is 14.4 Å². The fraction of sp³-hybridized carbons (Fsp3) is 0.185. The number of nitriles is 1. The number of halogens is 1. The number of carbonyl (C=O) groups is 1. The average Bonchev–Trinajstić information content (AvgIpc) is 3.27. The highest BCUT2D eigenvalue weighted by Gasteiger charge is 2.26. The van der Waals surface area contributed by atoms with E-state index in [4.69, 9.17) is 9.47 Å². The Kier molecular flexibility index (Phi) is 6.70. The number of anilines is 1. The SMILES string of the molecule is CCOc1cc(C=C(C#N)C(=O)N2CCc3ccccc32)ccc1OCc1ccccc1F. The molecule has 0 spiro atoms. The summed E-state index contributed by atoms with van der Waals surface area (Å²) in [6, 6.07) is 21.3. The maximum atomic E-state index is 13.9. The fourth-order valence-corrected chi connectivity index (χ4v) is 3.78. The van der Waals surface area contributed by atoms with E-state index in [0.29, 0.717) is 35.8 Å². The van der Waals surface area contributed by atoms with Crippen LogP contribution in [0.15, 0.2) is 72.3 Å². The maximum Gasteiger partial charge on any atom is 0.268 e. The summed E-state index contributed by atoms with van der Waals surface area (Å²) >= 11 is 0. The molecule has 5 nitrogen and oxygen atoms in total. The largest absolute Gasteiger partial charge is 0.490 e. The Morgan fingerprint density at radius 3 is 2.67 bits per heavy atom. The second-order valence-electron chi connectivity index (χ2n) is 7.52. The summed E-state index contributed by atoms with van der Waals surface area (Å²) in [6.07, 6.45) is 2.32. The van der Waals surface area contributed by atoms with Crippen LogP contribution in [0.4, 0.5) is 10.1 Å². The van der Waals surface area contributed by atoms with Crippen LogP contribution in [0.3, 0.4) is 0 Å². The van der Waals surface area contributed by atoms with Gasteiger partial charge in [0.05, 0.1) is 6.61 Å². The zero-order valence-corrected chi connectivity index (χ0v) is 18.3. The Labute approximate surface area is 192 Å². The molecule has 0 N–H and O–H groups in total. The third-order valence-corrected chi connectivity index (χ3v) is 5.40. The summed E-state index contributed by atoms with van der Waals surface area (Å²) in [5, 5.41) is 9.67. The molecule has 0 fully saturated rings. The fourth-order valence-electron chi connectivity index (χ4n) is 3.78. The summed E-state index contributed by atoms with van der Waals surface area (Å²) in [7, 11) is 0. The topological polar surface area (TPSA) is 62.6 Å². The number of hydrogen-bond donors (Lipinski definition) is 0. The van der Waals surface area contributed by atoms with E-state index in [1.807, 2.05) is 37.3 Å². The Bertz CT molecular complexity index is 1250. The minimum atomic E-state index is -0.337. The molecule has 0 unspecified atom stereocenters. The van der Waals surface area contributed by atoms with Crippen LogP contribution in [-0.4, -0.2) is 19.1 Å². The highest BCUT2D eigenvalue weighted by Crippen LogP contribution is 2.32. The average molecular weight is 442 g/mol. The van der Waals surface area contributed by atoms with Gasteiger partial charge in [-0.2, -0.15) is 5.26 Å². The van der Waals surface area contributed by atoms with Crippen LogP contribution in [0, 0.1) is 17.1 Å². The number of rotatable bonds is 7. The number of para-hydroxylation sites is 1. The van der Waals surface area contributed by atoms with Gasteiger partial charge in [0, 0.05) is 17.8 Å². The van der Waals surface area contributed by atoms with Gasteiger partial charge in [0.25, 0.3) is 5.91 Å². The molecule has 0 radical (unpaired) electrons. The minimum absolute atomic E-state index is 0.0363. The maximum absolute atomic E-state index is 13.9. The molecule has 0 saturated carbocycles. The molecule has 0 aliphatic carbocycles. The van der Waals surface area contributed by atoms with Crippen LogP contribution in [0.5, 0.6) is 11.5 Å². The van der Waals surface area contributed by atoms with Gasteiger partial charge in [-0.25, -0.2) is 4.39 Å². The van der Waals surface area contributed by atoms with Crippen molar-refractivity contribution in [1.82, 2.24) is 0 Å². The van der Waals surface area contributed by atoms with Gasteiger partial charge in [0.15, 0.2) is 11.5 Å². The zero-order chi connectivity index (χ0) is 23.2. The molecule has 3 aromatic carbocycles. The normalized spacial score (nSPS) is 12.8. The van der Waals surface area contributed by atoms with Crippen molar-refractivity contribution >= 4 is 17.7 Å². The zero-order valence-electron chi connectivity index (χ0n) is 18.3. The van der Waals surface area contributed by atoms with Crippen LogP contribution >= 0.6 is 0 Å². The van der Waals surface area contributed by atoms with Gasteiger partial charge >= 0.3 is 0 Å². The van der Waals surface area contributed by atoms with Crippen molar-refractivity contribution in [2.75, 3.05) is 18.1 Å². The van der Waals surface area contributed by atoms with Crippen molar-refractivity contribution in [3.63, 3.8) is 0 Å². The Morgan fingerprint density at radius 2 is 1.88 bits per heavy atom. The molecule has 0 atom stereocenters. The first kappa shape index (κ1) is 22.1. The van der Waals surface area contributed by atoms with Crippen molar-refractivity contribution < 1.29 is 18.7 Å². The number of carbonyl (C=O) groups excluding carboxylic acids is 1. The van der Waals surface area contributed by atoms with Gasteiger partial charge in [-0.05, 0) is 54.8 Å². The molecular formula is C27H23FN2O3. The predicted octanol–water partition coefficient (Wildman–Crippen LogP) is 5.30. The molecule has 0 saturated heterocycles. The number of nitrogens with zero attached hydrogens (tertiary/aromatic N) is 2. The van der Waals surface area contributed by atoms with E-state index in [9.17, 15) is 14.4 Å². The summed E-state index contributed by atoms with van der Waals surface area (Å²) in [6.45, 7) is 2.85. The van der Waals surface area contributed by atoms with Crippen LogP contribution in [0.1, 0.15) is 23.6 Å². The van der Waals surface area contributed by atoms with E-state index in [-0.39, 0.29) is 23.9 Å². The predicted molar refractivity (Wildman–Crippen MR) is 124 cm³/mol. The lowest BCUT2D eigenvalue weighted by molar-refractivity contribution is -0.114. The van der Waals surface area contributed by atoms with Crippen LogP contribution in [0.2, 0.25) is 0 Å². The molecule has 33 heavy (non-hydrogen) atoms.